The van der Waals surface area contributed by atoms with Gasteiger partial charge in [-0.1, -0.05) is 29.8 Å². The molecule has 27 heavy (non-hydrogen) atoms. The van der Waals surface area contributed by atoms with E-state index in [0.717, 1.165) is 36.3 Å². The fourth-order valence-corrected chi connectivity index (χ4v) is 4.24. The average molecular weight is 386 g/mol. The van der Waals surface area contributed by atoms with Crippen molar-refractivity contribution in [1.82, 2.24) is 15.6 Å². The van der Waals surface area contributed by atoms with Gasteiger partial charge in [0.25, 0.3) is 0 Å². The quantitative estimate of drug-likeness (QED) is 0.829. The molecule has 1 aromatic carbocycles. The van der Waals surface area contributed by atoms with E-state index in [9.17, 15) is 4.79 Å². The van der Waals surface area contributed by atoms with Gasteiger partial charge in [0.1, 0.15) is 0 Å². The molecule has 0 radical (unpaired) electrons. The lowest BCUT2D eigenvalue weighted by atomic mass is 9.76. The Morgan fingerprint density at radius 1 is 1.04 bits per heavy atom. The number of nitrogens with one attached hydrogen (secondary N) is 2. The summed E-state index contributed by atoms with van der Waals surface area (Å²) in [4.78, 5) is 16.4. The van der Waals surface area contributed by atoms with Crippen molar-refractivity contribution in [2.24, 2.45) is 0 Å². The molecule has 2 aromatic rings. The van der Waals surface area contributed by atoms with Gasteiger partial charge in [-0.15, -0.1) is 0 Å². The summed E-state index contributed by atoms with van der Waals surface area (Å²) in [6, 6.07) is 12.1. The van der Waals surface area contributed by atoms with E-state index in [2.05, 4.69) is 21.7 Å². The Balaban J connectivity index is 1.24. The van der Waals surface area contributed by atoms with Crippen LogP contribution in [0.5, 0.6) is 0 Å². The summed E-state index contributed by atoms with van der Waals surface area (Å²) >= 11 is 6.26. The van der Waals surface area contributed by atoms with Crippen molar-refractivity contribution in [3.63, 3.8) is 0 Å². The van der Waals surface area contributed by atoms with Crippen LogP contribution in [0.15, 0.2) is 48.8 Å². The molecule has 0 bridgehead atoms. The molecule has 2 amide bonds. The number of aromatic nitrogens is 1. The molecule has 2 fully saturated rings. The monoisotopic (exact) mass is 385 g/mol. The SMILES string of the molecule is O=C(NC1CC(c2ccccc2Cl)C1)NC1CCOC(c2ccncc2)C1. The minimum absolute atomic E-state index is 0.0142. The summed E-state index contributed by atoms with van der Waals surface area (Å²) in [6.45, 7) is 0.649. The highest BCUT2D eigenvalue weighted by atomic mass is 35.5. The number of hydrogen-bond acceptors (Lipinski definition) is 3. The molecule has 2 aliphatic rings. The predicted molar refractivity (Wildman–Crippen MR) is 105 cm³/mol. The van der Waals surface area contributed by atoms with Crippen molar-refractivity contribution in [3.05, 3.63) is 64.9 Å². The van der Waals surface area contributed by atoms with Crippen LogP contribution < -0.4 is 10.6 Å². The van der Waals surface area contributed by atoms with Crippen LogP contribution in [0.1, 0.15) is 48.8 Å². The van der Waals surface area contributed by atoms with Gasteiger partial charge in [-0.2, -0.15) is 0 Å². The first-order valence-corrected chi connectivity index (χ1v) is 9.90. The Morgan fingerprint density at radius 3 is 2.56 bits per heavy atom. The first-order valence-electron chi connectivity index (χ1n) is 9.52. The van der Waals surface area contributed by atoms with Gasteiger partial charge in [-0.05, 0) is 60.9 Å². The first kappa shape index (κ1) is 18.3. The van der Waals surface area contributed by atoms with E-state index in [1.165, 1.54) is 5.56 Å². The van der Waals surface area contributed by atoms with Crippen molar-refractivity contribution >= 4 is 17.6 Å². The summed E-state index contributed by atoms with van der Waals surface area (Å²) in [7, 11) is 0. The van der Waals surface area contributed by atoms with Gasteiger partial charge >= 0.3 is 6.03 Å². The van der Waals surface area contributed by atoms with Gasteiger partial charge in [0.05, 0.1) is 6.10 Å². The molecule has 6 heteroatoms. The summed E-state index contributed by atoms with van der Waals surface area (Å²) in [5.74, 6) is 0.433. The zero-order valence-electron chi connectivity index (χ0n) is 15.1. The minimum Gasteiger partial charge on any atom is -0.373 e. The lowest BCUT2D eigenvalue weighted by molar-refractivity contribution is 0.00210. The maximum atomic E-state index is 12.4. The molecule has 2 unspecified atom stereocenters. The Kier molecular flexibility index (Phi) is 5.60. The highest BCUT2D eigenvalue weighted by Gasteiger charge is 2.33. The molecular formula is C21H24ClN3O2. The number of halogens is 1. The Labute approximate surface area is 164 Å². The largest absolute Gasteiger partial charge is 0.373 e. The molecule has 1 saturated carbocycles. The molecule has 1 aliphatic heterocycles. The smallest absolute Gasteiger partial charge is 0.315 e. The van der Waals surface area contributed by atoms with Crippen LogP contribution in [-0.4, -0.2) is 29.7 Å². The summed E-state index contributed by atoms with van der Waals surface area (Å²) in [6.07, 6.45) is 7.05. The van der Waals surface area contributed by atoms with Crippen LogP contribution in [0.2, 0.25) is 5.02 Å². The van der Waals surface area contributed by atoms with Crippen LogP contribution in [-0.2, 0) is 4.74 Å². The number of carbonyl (C=O) groups is 1. The third-order valence-electron chi connectivity index (χ3n) is 5.52. The molecule has 2 heterocycles. The number of ether oxygens (including phenoxy) is 1. The first-order chi connectivity index (χ1) is 13.2. The Bertz CT molecular complexity index is 780. The van der Waals surface area contributed by atoms with E-state index in [-0.39, 0.29) is 24.2 Å². The van der Waals surface area contributed by atoms with Crippen LogP contribution in [0, 0.1) is 0 Å². The van der Waals surface area contributed by atoms with E-state index in [1.807, 2.05) is 30.3 Å². The van der Waals surface area contributed by atoms with Crippen LogP contribution in [0.4, 0.5) is 4.79 Å². The molecule has 5 nitrogen and oxygen atoms in total. The van der Waals surface area contributed by atoms with Crippen molar-refractivity contribution in [2.45, 2.75) is 49.8 Å². The van der Waals surface area contributed by atoms with Crippen molar-refractivity contribution < 1.29 is 9.53 Å². The normalized spacial score (nSPS) is 27.4. The number of urea groups is 1. The van der Waals surface area contributed by atoms with Crippen LogP contribution in [0.3, 0.4) is 0 Å². The van der Waals surface area contributed by atoms with Gasteiger partial charge in [0.15, 0.2) is 0 Å². The maximum absolute atomic E-state index is 12.4. The molecule has 2 atom stereocenters. The highest BCUT2D eigenvalue weighted by Crippen LogP contribution is 2.39. The minimum atomic E-state index is -0.0852. The van der Waals surface area contributed by atoms with Gasteiger partial charge < -0.3 is 15.4 Å². The average Bonchev–Trinajstić information content (AvgIpc) is 2.66. The maximum Gasteiger partial charge on any atom is 0.315 e. The lowest BCUT2D eigenvalue weighted by Gasteiger charge is -2.37. The van der Waals surface area contributed by atoms with Crippen LogP contribution >= 0.6 is 11.6 Å². The molecule has 4 rings (SSSR count). The van der Waals surface area contributed by atoms with E-state index in [0.29, 0.717) is 12.5 Å². The topological polar surface area (TPSA) is 63.2 Å². The highest BCUT2D eigenvalue weighted by molar-refractivity contribution is 6.31. The van der Waals surface area contributed by atoms with Gasteiger partial charge in [0.2, 0.25) is 0 Å². The molecule has 2 N–H and O–H groups in total. The fourth-order valence-electron chi connectivity index (χ4n) is 3.95. The molecule has 142 valence electrons. The third kappa shape index (κ3) is 4.42. The second-order valence-corrected chi connectivity index (χ2v) is 7.77. The van der Waals surface area contributed by atoms with Crippen molar-refractivity contribution in [1.29, 1.82) is 0 Å². The third-order valence-corrected chi connectivity index (χ3v) is 5.86. The van der Waals surface area contributed by atoms with E-state index in [4.69, 9.17) is 16.3 Å². The van der Waals surface area contributed by atoms with E-state index in [1.54, 1.807) is 12.4 Å². The van der Waals surface area contributed by atoms with Crippen molar-refractivity contribution in [2.75, 3.05) is 6.61 Å². The van der Waals surface area contributed by atoms with E-state index < -0.39 is 0 Å². The lowest BCUT2D eigenvalue weighted by Crippen LogP contribution is -2.51. The number of benzene rings is 1. The van der Waals surface area contributed by atoms with Gasteiger partial charge in [0, 0.05) is 36.1 Å². The summed E-state index contributed by atoms with van der Waals surface area (Å²) in [5.41, 5.74) is 2.29. The summed E-state index contributed by atoms with van der Waals surface area (Å²) in [5, 5.41) is 7.02. The molecule has 1 aliphatic carbocycles. The predicted octanol–water partition coefficient (Wildman–Crippen LogP) is 4.20. The number of amides is 2. The molecular weight excluding hydrogens is 362 g/mol. The zero-order valence-corrected chi connectivity index (χ0v) is 15.9. The summed E-state index contributed by atoms with van der Waals surface area (Å²) < 4.78 is 5.85. The number of carbonyl (C=O) groups excluding carboxylic acids is 1. The second-order valence-electron chi connectivity index (χ2n) is 7.37. The molecule has 0 spiro atoms. The van der Waals surface area contributed by atoms with Gasteiger partial charge in [-0.25, -0.2) is 4.79 Å². The molecule has 1 saturated heterocycles. The van der Waals surface area contributed by atoms with Crippen molar-refractivity contribution in [3.8, 4) is 0 Å². The standard InChI is InChI=1S/C21H24ClN3O2/c22-19-4-2-1-3-18(19)15-11-17(12-15)25-21(26)24-16-7-10-27-20(13-16)14-5-8-23-9-6-14/h1-6,8-9,15-17,20H,7,10-13H2,(H2,24,25,26). The fraction of sp³-hybridized carbons (Fsp3) is 0.429. The zero-order chi connectivity index (χ0) is 18.6. The number of rotatable bonds is 4. The van der Waals surface area contributed by atoms with Gasteiger partial charge in [-0.3, -0.25) is 4.98 Å². The Hall–Kier alpha value is -2.11. The van der Waals surface area contributed by atoms with Crippen LogP contribution in [0.25, 0.3) is 0 Å². The number of pyridine rings is 1. The Morgan fingerprint density at radius 2 is 1.78 bits per heavy atom. The molecule has 1 aromatic heterocycles. The number of nitrogens with zero attached hydrogens (tertiary/aromatic N) is 1. The number of hydrogen-bond donors (Lipinski definition) is 2. The van der Waals surface area contributed by atoms with E-state index >= 15 is 0 Å². The second kappa shape index (κ2) is 8.28.